The molecule has 0 aliphatic carbocycles. The molecule has 0 aliphatic heterocycles. The van der Waals surface area contributed by atoms with Crippen molar-refractivity contribution in [2.75, 3.05) is 0 Å². The second-order valence-electron chi connectivity index (χ2n) is 7.07. The Bertz CT molecular complexity index is 1290. The first-order chi connectivity index (χ1) is 13.8. The highest BCUT2D eigenvalue weighted by atomic mass is 79.9. The van der Waals surface area contributed by atoms with Gasteiger partial charge >= 0.3 is 0 Å². The quantitative estimate of drug-likeness (QED) is 0.203. The van der Waals surface area contributed by atoms with Gasteiger partial charge in [-0.2, -0.15) is 0 Å². The van der Waals surface area contributed by atoms with Gasteiger partial charge in [0.05, 0.1) is 0 Å². The Morgan fingerprint density at radius 3 is 1.68 bits per heavy atom. The predicted octanol–water partition coefficient (Wildman–Crippen LogP) is 8.22. The number of rotatable bonds is 3. The maximum Gasteiger partial charge on any atom is 0.0283 e. The number of hydrogen-bond donors (Lipinski definition) is 0. The van der Waals surface area contributed by atoms with E-state index in [1.807, 2.05) is 0 Å². The lowest BCUT2D eigenvalue weighted by atomic mass is 9.91. The van der Waals surface area contributed by atoms with Crippen LogP contribution in [0.5, 0.6) is 0 Å². The summed E-state index contributed by atoms with van der Waals surface area (Å²) in [5, 5.41) is 6.07. The van der Waals surface area contributed by atoms with Crippen LogP contribution in [0, 0.1) is 0 Å². The largest absolute Gasteiger partial charge is 0.0876 e. The Labute approximate surface area is 173 Å². The van der Waals surface area contributed by atoms with Crippen molar-refractivity contribution < 1.29 is 0 Å². The van der Waals surface area contributed by atoms with E-state index in [0.29, 0.717) is 0 Å². The van der Waals surface area contributed by atoms with Crippen LogP contribution in [0.15, 0.2) is 103 Å². The monoisotopic (exact) mass is 422 g/mol. The minimum absolute atomic E-state index is 0.870. The summed E-state index contributed by atoms with van der Waals surface area (Å²) in [6, 6.07) is 37.2. The fraction of sp³-hybridized carbons (Fsp3) is 0.0370. The molecule has 0 saturated carbocycles. The number of hydrogen-bond acceptors (Lipinski definition) is 0. The fourth-order valence-corrected chi connectivity index (χ4v) is 4.42. The molecule has 0 saturated heterocycles. The van der Waals surface area contributed by atoms with Gasteiger partial charge in [0.25, 0.3) is 0 Å². The maximum atomic E-state index is 3.58. The van der Waals surface area contributed by atoms with Gasteiger partial charge in [-0.1, -0.05) is 119 Å². The van der Waals surface area contributed by atoms with Gasteiger partial charge in [0, 0.05) is 5.33 Å². The topological polar surface area (TPSA) is 0 Å². The van der Waals surface area contributed by atoms with Crippen LogP contribution in [0.3, 0.4) is 0 Å². The SMILES string of the molecule is BrCc1cccc(-c2cccc3c2ccc2c(-c4ccccc4)cccc23)c1. The van der Waals surface area contributed by atoms with E-state index in [2.05, 4.69) is 119 Å². The lowest BCUT2D eigenvalue weighted by Gasteiger charge is -2.13. The Kier molecular flexibility index (Phi) is 4.46. The molecule has 0 fully saturated rings. The smallest absolute Gasteiger partial charge is 0.0283 e. The van der Waals surface area contributed by atoms with E-state index in [0.717, 1.165) is 5.33 Å². The van der Waals surface area contributed by atoms with Crippen LogP contribution >= 0.6 is 15.9 Å². The van der Waals surface area contributed by atoms with Crippen LogP contribution in [0.2, 0.25) is 0 Å². The normalized spacial score (nSPS) is 11.2. The number of halogens is 1. The number of benzene rings is 5. The van der Waals surface area contributed by atoms with Crippen LogP contribution < -0.4 is 0 Å². The molecule has 0 heterocycles. The molecule has 28 heavy (non-hydrogen) atoms. The van der Waals surface area contributed by atoms with Crippen LogP contribution in [0.25, 0.3) is 43.8 Å². The third-order valence-corrected chi connectivity index (χ3v) is 6.04. The Morgan fingerprint density at radius 1 is 0.464 bits per heavy atom. The molecule has 0 aliphatic rings. The van der Waals surface area contributed by atoms with Crippen LogP contribution in [0.1, 0.15) is 5.56 Å². The third-order valence-electron chi connectivity index (χ3n) is 5.40. The summed E-state index contributed by atoms with van der Waals surface area (Å²) < 4.78 is 0. The molecule has 0 nitrogen and oxygen atoms in total. The summed E-state index contributed by atoms with van der Waals surface area (Å²) in [5.41, 5.74) is 6.38. The Morgan fingerprint density at radius 2 is 1.04 bits per heavy atom. The first kappa shape index (κ1) is 17.2. The molecular formula is C27H19Br. The maximum absolute atomic E-state index is 3.58. The molecular weight excluding hydrogens is 404 g/mol. The van der Waals surface area contributed by atoms with E-state index in [1.54, 1.807) is 0 Å². The van der Waals surface area contributed by atoms with E-state index in [4.69, 9.17) is 0 Å². The summed E-state index contributed by atoms with van der Waals surface area (Å²) in [4.78, 5) is 0. The zero-order valence-corrected chi connectivity index (χ0v) is 17.0. The van der Waals surface area contributed by atoms with E-state index in [-0.39, 0.29) is 0 Å². The molecule has 0 bridgehead atoms. The lowest BCUT2D eigenvalue weighted by Crippen LogP contribution is -1.87. The van der Waals surface area contributed by atoms with Crippen molar-refractivity contribution in [1.82, 2.24) is 0 Å². The standard InChI is InChI=1S/C27H19Br/c28-18-19-7-4-10-21(17-19)23-12-6-14-25-24-13-5-11-22(20-8-2-1-3-9-20)26(24)15-16-27(23)25/h1-17H,18H2. The molecule has 134 valence electrons. The van der Waals surface area contributed by atoms with Crippen molar-refractivity contribution in [3.63, 3.8) is 0 Å². The molecule has 1 heteroatoms. The Hall–Kier alpha value is -2.90. The van der Waals surface area contributed by atoms with Gasteiger partial charge in [0.15, 0.2) is 0 Å². The molecule has 0 aromatic heterocycles. The van der Waals surface area contributed by atoms with Gasteiger partial charge in [-0.3, -0.25) is 0 Å². The zero-order chi connectivity index (χ0) is 18.9. The molecule has 0 radical (unpaired) electrons. The summed E-state index contributed by atoms with van der Waals surface area (Å²) >= 11 is 3.58. The third kappa shape index (κ3) is 2.93. The predicted molar refractivity (Wildman–Crippen MR) is 125 cm³/mol. The average Bonchev–Trinajstić information content (AvgIpc) is 2.78. The van der Waals surface area contributed by atoms with Crippen LogP contribution in [0.4, 0.5) is 0 Å². The fourth-order valence-electron chi connectivity index (χ4n) is 4.07. The van der Waals surface area contributed by atoms with E-state index >= 15 is 0 Å². The van der Waals surface area contributed by atoms with Crippen molar-refractivity contribution in [3.05, 3.63) is 109 Å². The van der Waals surface area contributed by atoms with E-state index in [9.17, 15) is 0 Å². The Balaban J connectivity index is 1.78. The zero-order valence-electron chi connectivity index (χ0n) is 15.4. The molecule has 0 spiro atoms. The molecule has 5 rings (SSSR count). The van der Waals surface area contributed by atoms with Gasteiger partial charge in [-0.25, -0.2) is 0 Å². The molecule has 0 N–H and O–H groups in total. The van der Waals surface area contributed by atoms with Crippen molar-refractivity contribution in [2.45, 2.75) is 5.33 Å². The second-order valence-corrected chi connectivity index (χ2v) is 7.63. The van der Waals surface area contributed by atoms with E-state index in [1.165, 1.54) is 49.4 Å². The first-order valence-electron chi connectivity index (χ1n) is 9.50. The summed E-state index contributed by atoms with van der Waals surface area (Å²) in [6.07, 6.45) is 0. The molecule has 0 amide bonds. The minimum atomic E-state index is 0.870. The highest BCUT2D eigenvalue weighted by Gasteiger charge is 2.10. The highest BCUT2D eigenvalue weighted by molar-refractivity contribution is 9.08. The van der Waals surface area contributed by atoms with Gasteiger partial charge in [0.1, 0.15) is 0 Å². The van der Waals surface area contributed by atoms with Crippen LogP contribution in [-0.2, 0) is 5.33 Å². The molecule has 5 aromatic carbocycles. The number of alkyl halides is 1. The van der Waals surface area contributed by atoms with Crippen molar-refractivity contribution >= 4 is 37.5 Å². The van der Waals surface area contributed by atoms with Crippen LogP contribution in [-0.4, -0.2) is 0 Å². The second kappa shape index (κ2) is 7.26. The summed E-state index contributed by atoms with van der Waals surface area (Å²) in [5.74, 6) is 0. The highest BCUT2D eigenvalue weighted by Crippen LogP contribution is 2.37. The van der Waals surface area contributed by atoms with Crippen molar-refractivity contribution in [2.24, 2.45) is 0 Å². The summed E-state index contributed by atoms with van der Waals surface area (Å²) in [6.45, 7) is 0. The van der Waals surface area contributed by atoms with Gasteiger partial charge in [0.2, 0.25) is 0 Å². The summed E-state index contributed by atoms with van der Waals surface area (Å²) in [7, 11) is 0. The van der Waals surface area contributed by atoms with Gasteiger partial charge < -0.3 is 0 Å². The number of fused-ring (bicyclic) bond motifs is 3. The van der Waals surface area contributed by atoms with Gasteiger partial charge in [-0.15, -0.1) is 0 Å². The lowest BCUT2D eigenvalue weighted by molar-refractivity contribution is 1.44. The molecule has 0 atom stereocenters. The molecule has 5 aromatic rings. The first-order valence-corrected chi connectivity index (χ1v) is 10.6. The van der Waals surface area contributed by atoms with Crippen molar-refractivity contribution in [3.8, 4) is 22.3 Å². The minimum Gasteiger partial charge on any atom is -0.0876 e. The average molecular weight is 423 g/mol. The van der Waals surface area contributed by atoms with Crippen molar-refractivity contribution in [1.29, 1.82) is 0 Å². The van der Waals surface area contributed by atoms with E-state index < -0.39 is 0 Å². The van der Waals surface area contributed by atoms with Gasteiger partial charge in [-0.05, 0) is 49.4 Å². The molecule has 0 unspecified atom stereocenters.